The first-order chi connectivity index (χ1) is 19.1. The Balaban J connectivity index is 1.77. The van der Waals surface area contributed by atoms with Crippen LogP contribution in [0.3, 0.4) is 0 Å². The van der Waals surface area contributed by atoms with E-state index in [0.717, 1.165) is 0 Å². The summed E-state index contributed by atoms with van der Waals surface area (Å²) in [5, 5.41) is 6.70. The van der Waals surface area contributed by atoms with E-state index in [2.05, 4.69) is 16.0 Å². The van der Waals surface area contributed by atoms with Gasteiger partial charge in [-0.1, -0.05) is 62.7 Å². The molecule has 13 heteroatoms. The molecule has 0 spiro atoms. The molecule has 0 aliphatic carbocycles. The molecule has 2 aromatic rings. The van der Waals surface area contributed by atoms with Crippen molar-refractivity contribution < 1.29 is 41.5 Å². The molecule has 1 fully saturated rings. The molecule has 1 saturated heterocycles. The molecule has 1 heterocycles. The number of nitrogens with one attached hydrogen (secondary N) is 3. The number of alkyl halides is 3. The summed E-state index contributed by atoms with van der Waals surface area (Å²) < 4.78 is 53.3. The Kier molecular flexibility index (Phi) is 9.90. The molecule has 3 N–H and O–H groups in total. The molecule has 0 radical (unpaired) electrons. The van der Waals surface area contributed by atoms with Gasteiger partial charge in [0.1, 0.15) is 11.7 Å². The molecule has 1 aliphatic rings. The zero-order valence-corrected chi connectivity index (χ0v) is 23.0. The van der Waals surface area contributed by atoms with E-state index in [-0.39, 0.29) is 12.5 Å². The molecule has 0 saturated carbocycles. The Morgan fingerprint density at radius 2 is 1.63 bits per heavy atom. The van der Waals surface area contributed by atoms with E-state index in [1.165, 1.54) is 6.92 Å². The van der Waals surface area contributed by atoms with Gasteiger partial charge in [0, 0.05) is 10.6 Å². The molecule has 2 aromatic carbocycles. The van der Waals surface area contributed by atoms with Crippen LogP contribution in [0.1, 0.15) is 49.9 Å². The standard InChI is InChI=1S/C28H28ClF4N3O5/c1-13(2)24(25(39)23-14(3)26(40)36-27(23)41)35-22(38)12-20(15-7-5-4-6-8-15)34-21(37)11-17-18(29)9-16(10-19(17)30)28(31,32)33/h4-10,13-14,20,23-24H,11-12H2,1-3H3,(H,34,37)(H,35,38)(H,36,40,41)/t14-,20-,23+,24-/m0/s1. The number of ketones is 1. The van der Waals surface area contributed by atoms with Gasteiger partial charge in [-0.3, -0.25) is 29.3 Å². The van der Waals surface area contributed by atoms with Crippen LogP contribution in [0.15, 0.2) is 42.5 Å². The lowest BCUT2D eigenvalue weighted by Crippen LogP contribution is -2.49. The van der Waals surface area contributed by atoms with Crippen LogP contribution < -0.4 is 16.0 Å². The van der Waals surface area contributed by atoms with Gasteiger partial charge in [-0.2, -0.15) is 13.2 Å². The fraction of sp³-hybridized carbons (Fsp3) is 0.393. The number of halogens is 5. The minimum Gasteiger partial charge on any atom is -0.348 e. The van der Waals surface area contributed by atoms with Crippen LogP contribution >= 0.6 is 11.6 Å². The van der Waals surface area contributed by atoms with Gasteiger partial charge in [-0.15, -0.1) is 0 Å². The molecule has 4 atom stereocenters. The Bertz CT molecular complexity index is 1330. The molecule has 1 aliphatic heterocycles. The Morgan fingerprint density at radius 1 is 1.00 bits per heavy atom. The normalized spacial score (nSPS) is 18.6. The predicted octanol–water partition coefficient (Wildman–Crippen LogP) is 3.91. The summed E-state index contributed by atoms with van der Waals surface area (Å²) in [6, 6.07) is 6.92. The second-order valence-electron chi connectivity index (χ2n) is 10.1. The average molecular weight is 598 g/mol. The summed E-state index contributed by atoms with van der Waals surface area (Å²) in [5.74, 6) is -7.36. The van der Waals surface area contributed by atoms with Crippen LogP contribution in [-0.2, 0) is 36.6 Å². The highest BCUT2D eigenvalue weighted by atomic mass is 35.5. The molecular formula is C28H28ClF4N3O5. The molecule has 8 nitrogen and oxygen atoms in total. The average Bonchev–Trinajstić information content (AvgIpc) is 3.14. The van der Waals surface area contributed by atoms with Crippen LogP contribution in [0.4, 0.5) is 17.6 Å². The van der Waals surface area contributed by atoms with Gasteiger partial charge in [0.15, 0.2) is 5.78 Å². The number of rotatable bonds is 10. The maximum atomic E-state index is 14.5. The van der Waals surface area contributed by atoms with Crippen molar-refractivity contribution in [3.63, 3.8) is 0 Å². The van der Waals surface area contributed by atoms with Gasteiger partial charge in [-0.05, 0) is 23.6 Å². The van der Waals surface area contributed by atoms with Gasteiger partial charge in [0.25, 0.3) is 0 Å². The Hall–Kier alpha value is -3.80. The summed E-state index contributed by atoms with van der Waals surface area (Å²) in [5.41, 5.74) is -1.26. The first-order valence-corrected chi connectivity index (χ1v) is 13.0. The number of amides is 4. The highest BCUT2D eigenvalue weighted by Crippen LogP contribution is 2.34. The smallest absolute Gasteiger partial charge is 0.348 e. The molecule has 3 rings (SSSR count). The Labute approximate surface area is 238 Å². The van der Waals surface area contributed by atoms with E-state index in [4.69, 9.17) is 11.6 Å². The number of benzene rings is 2. The SMILES string of the molecule is CC(C)[C@H](NC(=O)C[C@H](NC(=O)Cc1c(F)cc(C(F)(F)F)cc1Cl)c1ccccc1)C(=O)[C@@H]1C(=O)NC(=O)[C@H]1C. The number of carbonyl (C=O) groups is 5. The topological polar surface area (TPSA) is 121 Å². The quantitative estimate of drug-likeness (QED) is 0.218. The van der Waals surface area contributed by atoms with Crippen LogP contribution in [0, 0.1) is 23.6 Å². The molecule has 0 aromatic heterocycles. The zero-order valence-electron chi connectivity index (χ0n) is 22.3. The second-order valence-corrected chi connectivity index (χ2v) is 10.5. The van der Waals surface area contributed by atoms with E-state index in [0.29, 0.717) is 11.6 Å². The van der Waals surface area contributed by atoms with Crippen molar-refractivity contribution in [2.75, 3.05) is 0 Å². The lowest BCUT2D eigenvalue weighted by atomic mass is 9.85. The van der Waals surface area contributed by atoms with E-state index < -0.39 is 93.8 Å². The van der Waals surface area contributed by atoms with Gasteiger partial charge in [0.2, 0.25) is 23.6 Å². The maximum absolute atomic E-state index is 14.5. The van der Waals surface area contributed by atoms with Crippen LogP contribution in [-0.4, -0.2) is 35.5 Å². The van der Waals surface area contributed by atoms with Crippen molar-refractivity contribution in [2.45, 2.75) is 51.9 Å². The van der Waals surface area contributed by atoms with Crippen molar-refractivity contribution in [1.82, 2.24) is 16.0 Å². The summed E-state index contributed by atoms with van der Waals surface area (Å²) in [4.78, 5) is 63.2. The monoisotopic (exact) mass is 597 g/mol. The van der Waals surface area contributed by atoms with Crippen LogP contribution in [0.2, 0.25) is 5.02 Å². The number of carbonyl (C=O) groups excluding carboxylic acids is 5. The number of Topliss-reactive ketones (excluding diaryl/α,β-unsaturated/α-hetero) is 1. The highest BCUT2D eigenvalue weighted by Gasteiger charge is 2.46. The molecular weight excluding hydrogens is 570 g/mol. The van der Waals surface area contributed by atoms with Gasteiger partial charge < -0.3 is 10.6 Å². The van der Waals surface area contributed by atoms with Crippen LogP contribution in [0.5, 0.6) is 0 Å². The summed E-state index contributed by atoms with van der Waals surface area (Å²) in [6.45, 7) is 4.75. The Morgan fingerprint density at radius 3 is 2.15 bits per heavy atom. The van der Waals surface area contributed by atoms with E-state index >= 15 is 0 Å². The third-order valence-electron chi connectivity index (χ3n) is 6.77. The third-order valence-corrected chi connectivity index (χ3v) is 7.11. The predicted molar refractivity (Wildman–Crippen MR) is 140 cm³/mol. The first-order valence-electron chi connectivity index (χ1n) is 12.7. The fourth-order valence-electron chi connectivity index (χ4n) is 4.52. The minimum atomic E-state index is -4.83. The van der Waals surface area contributed by atoms with Crippen molar-refractivity contribution >= 4 is 41.0 Å². The van der Waals surface area contributed by atoms with Crippen LogP contribution in [0.25, 0.3) is 0 Å². The summed E-state index contributed by atoms with van der Waals surface area (Å²) >= 11 is 5.86. The molecule has 4 amide bonds. The largest absolute Gasteiger partial charge is 0.416 e. The third kappa shape index (κ3) is 7.69. The van der Waals surface area contributed by atoms with E-state index in [1.54, 1.807) is 44.2 Å². The lowest BCUT2D eigenvalue weighted by Gasteiger charge is -2.26. The van der Waals surface area contributed by atoms with Crippen molar-refractivity contribution in [2.24, 2.45) is 17.8 Å². The van der Waals surface area contributed by atoms with Gasteiger partial charge in [0.05, 0.1) is 36.4 Å². The first kappa shape index (κ1) is 31.7. The van der Waals surface area contributed by atoms with E-state index in [9.17, 15) is 41.5 Å². The fourth-order valence-corrected chi connectivity index (χ4v) is 4.80. The molecule has 41 heavy (non-hydrogen) atoms. The van der Waals surface area contributed by atoms with Crippen molar-refractivity contribution in [3.8, 4) is 0 Å². The number of imide groups is 1. The van der Waals surface area contributed by atoms with Crippen molar-refractivity contribution in [3.05, 3.63) is 70.0 Å². The number of hydrogen-bond donors (Lipinski definition) is 3. The second kappa shape index (κ2) is 12.8. The summed E-state index contributed by atoms with van der Waals surface area (Å²) in [7, 11) is 0. The molecule has 220 valence electrons. The van der Waals surface area contributed by atoms with Crippen molar-refractivity contribution in [1.29, 1.82) is 0 Å². The summed E-state index contributed by atoms with van der Waals surface area (Å²) in [6.07, 6.45) is -5.91. The van der Waals surface area contributed by atoms with Gasteiger partial charge >= 0.3 is 6.18 Å². The minimum absolute atomic E-state index is 0.249. The number of hydrogen-bond acceptors (Lipinski definition) is 5. The maximum Gasteiger partial charge on any atom is 0.416 e. The van der Waals surface area contributed by atoms with Gasteiger partial charge in [-0.25, -0.2) is 4.39 Å². The molecule has 0 unspecified atom stereocenters. The molecule has 0 bridgehead atoms. The lowest BCUT2D eigenvalue weighted by molar-refractivity contribution is -0.138. The van der Waals surface area contributed by atoms with E-state index in [1.807, 2.05) is 0 Å². The highest BCUT2D eigenvalue weighted by molar-refractivity contribution is 6.31. The zero-order chi connectivity index (χ0) is 30.6.